The molecular formula is C47H38ClFN4O5. The van der Waals surface area contributed by atoms with E-state index in [0.717, 1.165) is 16.4 Å². The number of allylic oxidation sites excluding steroid dienone is 3. The van der Waals surface area contributed by atoms with Gasteiger partial charge in [-0.15, -0.1) is 6.58 Å². The molecule has 2 aliphatic carbocycles. The summed E-state index contributed by atoms with van der Waals surface area (Å²) in [6.07, 6.45) is 4.24. The number of nitrogens with zero attached hydrogens (tertiary/aromatic N) is 2. The molecule has 5 aromatic rings. The number of aromatic hydroxyl groups is 1. The molecule has 6 atom stereocenters. The first-order chi connectivity index (χ1) is 28.1. The van der Waals surface area contributed by atoms with Gasteiger partial charge in [0.25, 0.3) is 11.8 Å². The van der Waals surface area contributed by atoms with Crippen LogP contribution in [0.1, 0.15) is 35.4 Å². The smallest absolute Gasteiger partial charge is 0.260 e. The van der Waals surface area contributed by atoms with E-state index in [2.05, 4.69) is 17.3 Å². The molecule has 5 aromatic carbocycles. The monoisotopic (exact) mass is 792 g/mol. The number of phenols is 1. The Morgan fingerprint density at radius 1 is 0.793 bits per heavy atom. The van der Waals surface area contributed by atoms with Crippen LogP contribution < -0.4 is 15.6 Å². The Balaban J connectivity index is 1.17. The summed E-state index contributed by atoms with van der Waals surface area (Å²) >= 11 is 6.41. The summed E-state index contributed by atoms with van der Waals surface area (Å²) < 4.78 is 14.0. The van der Waals surface area contributed by atoms with Crippen LogP contribution in [0.3, 0.4) is 0 Å². The van der Waals surface area contributed by atoms with Crippen molar-refractivity contribution in [3.8, 4) is 5.75 Å². The van der Waals surface area contributed by atoms with Gasteiger partial charge >= 0.3 is 0 Å². The van der Waals surface area contributed by atoms with E-state index in [1.54, 1.807) is 60.7 Å². The molecule has 0 bridgehead atoms. The number of carbonyl (C=O) groups excluding carboxylic acids is 4. The predicted molar refractivity (Wildman–Crippen MR) is 220 cm³/mol. The van der Waals surface area contributed by atoms with Crippen molar-refractivity contribution in [2.24, 2.45) is 23.7 Å². The third-order valence-electron chi connectivity index (χ3n) is 12.3. The highest BCUT2D eigenvalue weighted by Crippen LogP contribution is 2.65. The fourth-order valence-corrected chi connectivity index (χ4v) is 9.93. The maximum atomic E-state index is 15.4. The number of phenolic OH excluding ortho intramolecular Hbond substituents is 1. The molecule has 1 saturated carbocycles. The number of carbonyl (C=O) groups is 4. The molecule has 0 aromatic heterocycles. The Hall–Kier alpha value is -6.52. The van der Waals surface area contributed by atoms with Gasteiger partial charge < -0.3 is 10.4 Å². The Morgan fingerprint density at radius 2 is 1.48 bits per heavy atom. The number of imide groups is 2. The first-order valence-electron chi connectivity index (χ1n) is 19.2. The predicted octanol–water partition coefficient (Wildman–Crippen LogP) is 8.85. The van der Waals surface area contributed by atoms with Crippen LogP contribution in [0.25, 0.3) is 0 Å². The van der Waals surface area contributed by atoms with Crippen molar-refractivity contribution < 1.29 is 28.7 Å². The van der Waals surface area contributed by atoms with E-state index in [4.69, 9.17) is 11.6 Å². The normalized spacial score (nSPS) is 24.9. The van der Waals surface area contributed by atoms with Crippen molar-refractivity contribution in [3.05, 3.63) is 173 Å². The summed E-state index contributed by atoms with van der Waals surface area (Å²) in [5.41, 5.74) is 5.94. The average Bonchev–Trinajstić information content (AvgIpc) is 3.61. The van der Waals surface area contributed by atoms with E-state index in [1.165, 1.54) is 29.2 Å². The summed E-state index contributed by atoms with van der Waals surface area (Å²) in [4.78, 5) is 60.7. The maximum Gasteiger partial charge on any atom is 0.260 e. The fraction of sp³-hybridized carbons (Fsp3) is 0.191. The molecule has 2 aliphatic heterocycles. The molecule has 2 heterocycles. The number of benzene rings is 5. The highest BCUT2D eigenvalue weighted by molar-refractivity contribution is 6.30. The zero-order valence-corrected chi connectivity index (χ0v) is 31.9. The molecule has 3 N–H and O–H groups in total. The van der Waals surface area contributed by atoms with Crippen LogP contribution in [0.2, 0.25) is 5.02 Å². The second-order valence-electron chi connectivity index (χ2n) is 15.3. The first-order valence-corrected chi connectivity index (χ1v) is 19.6. The molecule has 3 fully saturated rings. The lowest BCUT2D eigenvalue weighted by molar-refractivity contribution is -0.138. The third-order valence-corrected chi connectivity index (χ3v) is 12.5. The lowest BCUT2D eigenvalue weighted by atomic mass is 9.49. The zero-order chi connectivity index (χ0) is 40.3. The molecule has 0 spiro atoms. The summed E-state index contributed by atoms with van der Waals surface area (Å²) in [7, 11) is 0. The van der Waals surface area contributed by atoms with Crippen molar-refractivity contribution in [1.29, 1.82) is 0 Å². The molecule has 6 unspecified atom stereocenters. The lowest BCUT2D eigenvalue weighted by Gasteiger charge is -2.50. The van der Waals surface area contributed by atoms with Gasteiger partial charge in [-0.05, 0) is 109 Å². The minimum atomic E-state index is -1.62. The number of fused-ring (bicyclic) bond motifs is 4. The second kappa shape index (κ2) is 14.5. The lowest BCUT2D eigenvalue weighted by Crippen LogP contribution is -2.53. The van der Waals surface area contributed by atoms with Gasteiger partial charge in [-0.3, -0.25) is 29.5 Å². The molecule has 58 heavy (non-hydrogen) atoms. The SMILES string of the molecule is C=CCc1cccc(C2C3=CCC4C(=O)N(c5ccc(Nc6ccccc6)cc5)C(=O)C4C3CC3C(=O)N(Nc4ccc(F)cc4)C(=O)C32c2ccc(Cl)cc2)c1O. The summed E-state index contributed by atoms with van der Waals surface area (Å²) in [6, 6.07) is 34.2. The highest BCUT2D eigenvalue weighted by Gasteiger charge is 2.70. The maximum absolute atomic E-state index is 15.4. The third kappa shape index (κ3) is 5.81. The van der Waals surface area contributed by atoms with Crippen LogP contribution in [0.15, 0.2) is 146 Å². The summed E-state index contributed by atoms with van der Waals surface area (Å²) in [5.74, 6) is -6.54. The average molecular weight is 793 g/mol. The number of amides is 4. The largest absolute Gasteiger partial charge is 0.507 e. The Morgan fingerprint density at radius 3 is 2.19 bits per heavy atom. The second-order valence-corrected chi connectivity index (χ2v) is 15.7. The Bertz CT molecular complexity index is 2510. The van der Waals surface area contributed by atoms with Crippen LogP contribution >= 0.6 is 11.6 Å². The number of hydrogen-bond donors (Lipinski definition) is 3. The van der Waals surface area contributed by atoms with Crippen molar-refractivity contribution in [1.82, 2.24) is 5.01 Å². The molecule has 2 saturated heterocycles. The molecule has 11 heteroatoms. The van der Waals surface area contributed by atoms with E-state index >= 15 is 4.79 Å². The van der Waals surface area contributed by atoms with Crippen LogP contribution in [0.5, 0.6) is 5.75 Å². The van der Waals surface area contributed by atoms with Gasteiger partial charge in [-0.2, -0.15) is 5.01 Å². The Kier molecular flexibility index (Phi) is 9.24. The van der Waals surface area contributed by atoms with Gasteiger partial charge in [-0.25, -0.2) is 4.39 Å². The number of halogens is 2. The van der Waals surface area contributed by atoms with Crippen LogP contribution in [0, 0.1) is 29.5 Å². The van der Waals surface area contributed by atoms with Crippen LogP contribution in [0.4, 0.5) is 27.1 Å². The van der Waals surface area contributed by atoms with Gasteiger partial charge in [0.15, 0.2) is 0 Å². The van der Waals surface area contributed by atoms with Crippen molar-refractivity contribution in [2.75, 3.05) is 15.6 Å². The van der Waals surface area contributed by atoms with Crippen molar-refractivity contribution >= 4 is 58.0 Å². The zero-order valence-electron chi connectivity index (χ0n) is 31.1. The Labute approximate surface area is 339 Å². The van der Waals surface area contributed by atoms with E-state index in [-0.39, 0.29) is 30.4 Å². The minimum Gasteiger partial charge on any atom is -0.507 e. The number of hydrazine groups is 1. The molecule has 4 amide bonds. The number of para-hydroxylation sites is 2. The fourth-order valence-electron chi connectivity index (χ4n) is 9.80. The number of rotatable bonds is 9. The van der Waals surface area contributed by atoms with E-state index < -0.39 is 52.6 Å². The van der Waals surface area contributed by atoms with Crippen molar-refractivity contribution in [3.63, 3.8) is 0 Å². The molecular weight excluding hydrogens is 755 g/mol. The number of hydrogen-bond acceptors (Lipinski definition) is 7. The van der Waals surface area contributed by atoms with Gasteiger partial charge in [0.2, 0.25) is 11.8 Å². The molecule has 9 rings (SSSR count). The van der Waals surface area contributed by atoms with Crippen molar-refractivity contribution in [2.45, 2.75) is 30.6 Å². The van der Waals surface area contributed by atoms with E-state index in [9.17, 15) is 23.9 Å². The standard InChI is InChI=1S/C47H38ClFN4O5/c1-2-7-27-8-6-11-37(42(27)54)41-35-24-25-36-40(45(57)52(43(36)55)34-22-20-32(21-23-34)50-31-9-4-3-5-10-31)38(35)26-39-44(56)53(51-33-18-16-30(49)17-19-33)46(58)47(39,41)28-12-14-29(48)15-13-28/h2-6,8-24,36,38-41,50-51,54H,1,7,25-26H2. The number of nitrogens with one attached hydrogen (secondary N) is 2. The van der Waals surface area contributed by atoms with Crippen LogP contribution in [-0.4, -0.2) is 33.7 Å². The molecule has 4 aliphatic rings. The molecule has 0 radical (unpaired) electrons. The quantitative estimate of drug-likeness (QED) is 0.101. The highest BCUT2D eigenvalue weighted by atomic mass is 35.5. The first kappa shape index (κ1) is 37.1. The van der Waals surface area contributed by atoms with Gasteiger partial charge in [0.1, 0.15) is 11.6 Å². The topological polar surface area (TPSA) is 119 Å². The molecule has 290 valence electrons. The summed E-state index contributed by atoms with van der Waals surface area (Å²) in [5, 5.41) is 16.8. The summed E-state index contributed by atoms with van der Waals surface area (Å²) in [6.45, 7) is 3.86. The van der Waals surface area contributed by atoms with E-state index in [0.29, 0.717) is 45.1 Å². The van der Waals surface area contributed by atoms with Gasteiger partial charge in [0, 0.05) is 27.9 Å². The minimum absolute atomic E-state index is 0.0481. The van der Waals surface area contributed by atoms with Gasteiger partial charge in [-0.1, -0.05) is 77.9 Å². The number of anilines is 4. The van der Waals surface area contributed by atoms with Gasteiger partial charge in [0.05, 0.1) is 34.5 Å². The van der Waals surface area contributed by atoms with Crippen LogP contribution in [-0.2, 0) is 31.0 Å². The molecule has 9 nitrogen and oxygen atoms in total. The van der Waals surface area contributed by atoms with E-state index in [1.807, 2.05) is 48.5 Å².